The number of carbonyl (C=O) groups is 1. The van der Waals surface area contributed by atoms with Crippen molar-refractivity contribution in [2.75, 3.05) is 6.26 Å². The van der Waals surface area contributed by atoms with E-state index in [1.54, 1.807) is 22.8 Å². The average molecular weight is 338 g/mol. The standard InChI is InChI=1S/C18H18N4OS/c1-24-17-5-3-2-4-16(17)18(23)20-10-14-6-8-15(9-7-14)11-22-13-19-12-21-22/h2-9,12-13H,10-11H2,1H3,(H,20,23). The fraction of sp³-hybridized carbons (Fsp3) is 0.167. The topological polar surface area (TPSA) is 59.8 Å². The van der Waals surface area contributed by atoms with Gasteiger partial charge in [-0.2, -0.15) is 5.10 Å². The fourth-order valence-electron chi connectivity index (χ4n) is 2.37. The number of nitrogens with one attached hydrogen (secondary N) is 1. The summed E-state index contributed by atoms with van der Waals surface area (Å²) in [4.78, 5) is 17.2. The van der Waals surface area contributed by atoms with Crippen LogP contribution in [-0.4, -0.2) is 26.9 Å². The maximum atomic E-state index is 12.3. The highest BCUT2D eigenvalue weighted by Gasteiger charge is 2.09. The summed E-state index contributed by atoms with van der Waals surface area (Å²) < 4.78 is 1.77. The Morgan fingerprint density at radius 3 is 2.58 bits per heavy atom. The fourth-order valence-corrected chi connectivity index (χ4v) is 2.97. The first-order valence-electron chi connectivity index (χ1n) is 7.57. The van der Waals surface area contributed by atoms with Crippen molar-refractivity contribution in [1.29, 1.82) is 0 Å². The average Bonchev–Trinajstić information content (AvgIpc) is 3.14. The first kappa shape index (κ1) is 16.3. The Kier molecular flexibility index (Phi) is 5.28. The molecule has 1 N–H and O–H groups in total. The van der Waals surface area contributed by atoms with Gasteiger partial charge >= 0.3 is 0 Å². The minimum absolute atomic E-state index is 0.0494. The van der Waals surface area contributed by atoms with Gasteiger partial charge in [-0.3, -0.25) is 4.79 Å². The first-order chi connectivity index (χ1) is 11.8. The zero-order chi connectivity index (χ0) is 16.8. The molecule has 0 aliphatic carbocycles. The Labute approximate surface area is 145 Å². The van der Waals surface area contributed by atoms with Crippen LogP contribution in [0.15, 0.2) is 66.1 Å². The summed E-state index contributed by atoms with van der Waals surface area (Å²) in [6, 6.07) is 15.8. The van der Waals surface area contributed by atoms with Crippen molar-refractivity contribution < 1.29 is 4.79 Å². The van der Waals surface area contributed by atoms with Gasteiger partial charge in [0.05, 0.1) is 12.1 Å². The largest absolute Gasteiger partial charge is 0.348 e. The monoisotopic (exact) mass is 338 g/mol. The third-order valence-electron chi connectivity index (χ3n) is 3.64. The summed E-state index contributed by atoms with van der Waals surface area (Å²) in [5.41, 5.74) is 2.92. The van der Waals surface area contributed by atoms with Gasteiger partial charge in [0.25, 0.3) is 5.91 Å². The van der Waals surface area contributed by atoms with Crippen molar-refractivity contribution in [3.8, 4) is 0 Å². The summed E-state index contributed by atoms with van der Waals surface area (Å²) in [6.07, 6.45) is 5.19. The number of nitrogens with zero attached hydrogens (tertiary/aromatic N) is 3. The van der Waals surface area contributed by atoms with Gasteiger partial charge in [-0.25, -0.2) is 9.67 Å². The SMILES string of the molecule is CSc1ccccc1C(=O)NCc1ccc(Cn2cncn2)cc1. The Morgan fingerprint density at radius 2 is 1.88 bits per heavy atom. The van der Waals surface area contributed by atoms with Crippen LogP contribution in [0.4, 0.5) is 0 Å². The molecule has 0 aliphatic rings. The molecule has 2 aromatic carbocycles. The number of aromatic nitrogens is 3. The molecule has 3 rings (SSSR count). The Balaban J connectivity index is 1.59. The lowest BCUT2D eigenvalue weighted by atomic mass is 10.1. The molecule has 0 saturated heterocycles. The van der Waals surface area contributed by atoms with Gasteiger partial charge in [-0.1, -0.05) is 36.4 Å². The lowest BCUT2D eigenvalue weighted by Crippen LogP contribution is -2.23. The second kappa shape index (κ2) is 7.79. The van der Waals surface area contributed by atoms with Crippen LogP contribution < -0.4 is 5.32 Å². The van der Waals surface area contributed by atoms with Crippen LogP contribution in [0.2, 0.25) is 0 Å². The smallest absolute Gasteiger partial charge is 0.252 e. The van der Waals surface area contributed by atoms with Crippen molar-refractivity contribution in [2.24, 2.45) is 0 Å². The molecule has 0 saturated carbocycles. The number of thioether (sulfide) groups is 1. The van der Waals surface area contributed by atoms with Crippen molar-refractivity contribution in [3.05, 3.63) is 77.9 Å². The minimum atomic E-state index is -0.0494. The number of hydrogen-bond acceptors (Lipinski definition) is 4. The molecule has 5 nitrogen and oxygen atoms in total. The molecule has 0 radical (unpaired) electrons. The second-order valence-electron chi connectivity index (χ2n) is 5.29. The predicted molar refractivity (Wildman–Crippen MR) is 95.0 cm³/mol. The molecule has 3 aromatic rings. The molecule has 1 aromatic heterocycles. The summed E-state index contributed by atoms with van der Waals surface area (Å²) in [7, 11) is 0. The lowest BCUT2D eigenvalue weighted by molar-refractivity contribution is 0.0948. The van der Waals surface area contributed by atoms with E-state index in [0.717, 1.165) is 16.0 Å². The van der Waals surface area contributed by atoms with E-state index in [2.05, 4.69) is 15.4 Å². The van der Waals surface area contributed by atoms with E-state index in [4.69, 9.17) is 0 Å². The molecule has 0 spiro atoms. The van der Waals surface area contributed by atoms with E-state index in [-0.39, 0.29) is 5.91 Å². The second-order valence-corrected chi connectivity index (χ2v) is 6.14. The maximum absolute atomic E-state index is 12.3. The van der Waals surface area contributed by atoms with Crippen molar-refractivity contribution in [2.45, 2.75) is 18.0 Å². The number of amides is 1. The quantitative estimate of drug-likeness (QED) is 0.702. The molecular formula is C18H18N4OS. The third kappa shape index (κ3) is 4.02. The van der Waals surface area contributed by atoms with E-state index >= 15 is 0 Å². The molecule has 1 heterocycles. The van der Waals surface area contributed by atoms with Crippen molar-refractivity contribution in [3.63, 3.8) is 0 Å². The summed E-state index contributed by atoms with van der Waals surface area (Å²) in [6.45, 7) is 1.19. The number of rotatable bonds is 6. The molecule has 0 aliphatic heterocycles. The molecule has 0 unspecified atom stereocenters. The summed E-state index contributed by atoms with van der Waals surface area (Å²) in [5.74, 6) is -0.0494. The van der Waals surface area contributed by atoms with Crippen molar-refractivity contribution in [1.82, 2.24) is 20.1 Å². The van der Waals surface area contributed by atoms with Crippen LogP contribution >= 0.6 is 11.8 Å². The van der Waals surface area contributed by atoms with Gasteiger partial charge in [-0.15, -0.1) is 11.8 Å². The van der Waals surface area contributed by atoms with Gasteiger partial charge in [0, 0.05) is 11.4 Å². The molecule has 0 fully saturated rings. The molecule has 0 atom stereocenters. The molecule has 1 amide bonds. The van der Waals surface area contributed by atoms with Gasteiger partial charge in [-0.05, 0) is 29.5 Å². The van der Waals surface area contributed by atoms with E-state index in [1.807, 2.05) is 54.8 Å². The zero-order valence-corrected chi connectivity index (χ0v) is 14.2. The van der Waals surface area contributed by atoms with E-state index in [0.29, 0.717) is 18.7 Å². The maximum Gasteiger partial charge on any atom is 0.252 e. The van der Waals surface area contributed by atoms with Gasteiger partial charge in [0.15, 0.2) is 0 Å². The Hall–Kier alpha value is -2.60. The molecule has 0 bridgehead atoms. The van der Waals surface area contributed by atoms with E-state index < -0.39 is 0 Å². The highest BCUT2D eigenvalue weighted by molar-refractivity contribution is 7.98. The molecule has 122 valence electrons. The van der Waals surface area contributed by atoms with Crippen molar-refractivity contribution >= 4 is 17.7 Å². The molecule has 24 heavy (non-hydrogen) atoms. The Morgan fingerprint density at radius 1 is 1.12 bits per heavy atom. The minimum Gasteiger partial charge on any atom is -0.348 e. The normalized spacial score (nSPS) is 10.5. The summed E-state index contributed by atoms with van der Waals surface area (Å²) >= 11 is 1.57. The highest BCUT2D eigenvalue weighted by Crippen LogP contribution is 2.19. The zero-order valence-electron chi connectivity index (χ0n) is 13.3. The first-order valence-corrected chi connectivity index (χ1v) is 8.80. The van der Waals surface area contributed by atoms with Crippen LogP contribution in [0.25, 0.3) is 0 Å². The van der Waals surface area contributed by atoms with Gasteiger partial charge in [0.2, 0.25) is 0 Å². The highest BCUT2D eigenvalue weighted by atomic mass is 32.2. The summed E-state index contributed by atoms with van der Waals surface area (Å²) in [5, 5.41) is 7.07. The van der Waals surface area contributed by atoms with Gasteiger partial charge < -0.3 is 5.32 Å². The van der Waals surface area contributed by atoms with Crippen LogP contribution in [0, 0.1) is 0 Å². The van der Waals surface area contributed by atoms with Crippen LogP contribution in [-0.2, 0) is 13.1 Å². The van der Waals surface area contributed by atoms with Crippen LogP contribution in [0.3, 0.4) is 0 Å². The van der Waals surface area contributed by atoms with Crippen LogP contribution in [0.5, 0.6) is 0 Å². The van der Waals surface area contributed by atoms with Gasteiger partial charge in [0.1, 0.15) is 12.7 Å². The van der Waals surface area contributed by atoms with E-state index in [9.17, 15) is 4.79 Å². The lowest BCUT2D eigenvalue weighted by Gasteiger charge is -2.09. The Bertz CT molecular complexity index is 800. The molecular weight excluding hydrogens is 320 g/mol. The third-order valence-corrected chi connectivity index (χ3v) is 4.43. The number of hydrogen-bond donors (Lipinski definition) is 1. The number of carbonyl (C=O) groups excluding carboxylic acids is 1. The number of benzene rings is 2. The van der Waals surface area contributed by atoms with E-state index in [1.165, 1.54) is 6.33 Å². The predicted octanol–water partition coefficient (Wildman–Crippen LogP) is 2.98. The molecule has 6 heteroatoms. The van der Waals surface area contributed by atoms with Crippen LogP contribution in [0.1, 0.15) is 21.5 Å².